The van der Waals surface area contributed by atoms with Crippen LogP contribution in [0.3, 0.4) is 0 Å². The van der Waals surface area contributed by atoms with Crippen molar-refractivity contribution in [2.24, 2.45) is 0 Å². The van der Waals surface area contributed by atoms with E-state index >= 15 is 0 Å². The van der Waals surface area contributed by atoms with Crippen LogP contribution in [-0.2, 0) is 0 Å². The molecule has 0 aliphatic rings. The summed E-state index contributed by atoms with van der Waals surface area (Å²) in [5, 5.41) is 11.8. The van der Waals surface area contributed by atoms with E-state index in [0.29, 0.717) is 0 Å². The molecule has 0 bridgehead atoms. The van der Waals surface area contributed by atoms with Crippen LogP contribution in [0, 0.1) is 0 Å². The van der Waals surface area contributed by atoms with Crippen molar-refractivity contribution in [3.8, 4) is 0 Å². The Labute approximate surface area is 85.6 Å². The maximum Gasteiger partial charge on any atom is 0.172 e. The fraction of sp³-hybridized carbons (Fsp3) is 0.300. The van der Waals surface area contributed by atoms with Gasteiger partial charge < -0.3 is 9.90 Å². The van der Waals surface area contributed by atoms with E-state index in [0.717, 1.165) is 5.30 Å². The van der Waals surface area contributed by atoms with Gasteiger partial charge in [0.1, 0.15) is 14.0 Å². The van der Waals surface area contributed by atoms with Gasteiger partial charge in [-0.1, -0.05) is 18.2 Å². The number of amides is 1. The number of carbonyl (C=O) groups excluding carboxylic acids is 1. The lowest BCUT2D eigenvalue weighted by Gasteiger charge is -2.22. The van der Waals surface area contributed by atoms with Crippen molar-refractivity contribution >= 4 is 20.1 Å². The van der Waals surface area contributed by atoms with Crippen molar-refractivity contribution in [1.82, 2.24) is 4.67 Å². The Kier molecular flexibility index (Phi) is 3.90. The van der Waals surface area contributed by atoms with Gasteiger partial charge >= 0.3 is 0 Å². The summed E-state index contributed by atoms with van der Waals surface area (Å²) in [7, 11) is -0.397. The van der Waals surface area contributed by atoms with Crippen molar-refractivity contribution < 1.29 is 9.90 Å². The van der Waals surface area contributed by atoms with Gasteiger partial charge in [0.2, 0.25) is 0 Å². The zero-order chi connectivity index (χ0) is 10.6. The lowest BCUT2D eigenvalue weighted by molar-refractivity contribution is -0.260. The van der Waals surface area contributed by atoms with Crippen LogP contribution in [-0.4, -0.2) is 16.8 Å². The molecule has 0 fully saturated rings. The summed E-state index contributed by atoms with van der Waals surface area (Å²) >= 11 is 0. The quantitative estimate of drug-likeness (QED) is 0.690. The standard InChI is InChI=1S/C10H14NO2P/c1-8(2)11(10(12)13)14-9-6-4-3-5-7-9/h3-8,14H,1-2H3,(H,12,13). The first kappa shape index (κ1) is 11.0. The highest BCUT2D eigenvalue weighted by molar-refractivity contribution is 7.45. The summed E-state index contributed by atoms with van der Waals surface area (Å²) in [6.45, 7) is 3.71. The number of hydrogen-bond acceptors (Lipinski definition) is 2. The second-order valence-electron chi connectivity index (χ2n) is 3.31. The predicted octanol–water partition coefficient (Wildman–Crippen LogP) is 0.691. The molecule has 0 radical (unpaired) electrons. The molecule has 1 rings (SSSR count). The third kappa shape index (κ3) is 3.00. The van der Waals surface area contributed by atoms with Gasteiger partial charge in [-0.15, -0.1) is 0 Å². The fourth-order valence-corrected chi connectivity index (χ4v) is 2.23. The van der Waals surface area contributed by atoms with Gasteiger partial charge in [0.05, 0.1) is 6.04 Å². The minimum atomic E-state index is -1.08. The molecular formula is C10H14NO2P. The maximum absolute atomic E-state index is 10.8. The van der Waals surface area contributed by atoms with E-state index in [2.05, 4.69) is 0 Å². The number of benzene rings is 1. The van der Waals surface area contributed by atoms with Crippen LogP contribution in [0.4, 0.5) is 4.79 Å². The molecule has 0 aliphatic carbocycles. The highest BCUT2D eigenvalue weighted by Gasteiger charge is 2.15. The van der Waals surface area contributed by atoms with Gasteiger partial charge in [-0.2, -0.15) is 0 Å². The predicted molar refractivity (Wildman–Crippen MR) is 58.2 cm³/mol. The molecule has 0 heterocycles. The van der Waals surface area contributed by atoms with E-state index in [9.17, 15) is 9.90 Å². The van der Waals surface area contributed by atoms with Gasteiger partial charge in [-0.05, 0) is 26.0 Å². The van der Waals surface area contributed by atoms with Gasteiger partial charge in [-0.3, -0.25) is 0 Å². The minimum absolute atomic E-state index is 0.0183. The zero-order valence-corrected chi connectivity index (χ0v) is 9.46. The van der Waals surface area contributed by atoms with Gasteiger partial charge in [0.15, 0.2) is 6.09 Å². The van der Waals surface area contributed by atoms with Crippen molar-refractivity contribution in [2.45, 2.75) is 19.9 Å². The monoisotopic (exact) mass is 211 g/mol. The Balaban J connectivity index is 2.70. The first-order chi connectivity index (χ1) is 6.61. The highest BCUT2D eigenvalue weighted by Crippen LogP contribution is 2.19. The average molecular weight is 211 g/mol. The number of nitrogens with zero attached hydrogens (tertiary/aromatic N) is 1. The van der Waals surface area contributed by atoms with Crippen molar-refractivity contribution in [3.63, 3.8) is 0 Å². The first-order valence-electron chi connectivity index (χ1n) is 4.50. The van der Waals surface area contributed by atoms with Crippen LogP contribution in [0.25, 0.3) is 0 Å². The first-order valence-corrected chi connectivity index (χ1v) is 5.60. The van der Waals surface area contributed by atoms with Gasteiger partial charge in [0.25, 0.3) is 0 Å². The van der Waals surface area contributed by atoms with E-state index in [4.69, 9.17) is 0 Å². The molecule has 3 nitrogen and oxygen atoms in total. The van der Waals surface area contributed by atoms with Crippen LogP contribution < -0.4 is 10.4 Å². The third-order valence-corrected chi connectivity index (χ3v) is 3.62. The molecule has 0 aromatic heterocycles. The Bertz CT molecular complexity index is 300. The minimum Gasteiger partial charge on any atom is -0.528 e. The Morgan fingerprint density at radius 3 is 2.36 bits per heavy atom. The molecule has 14 heavy (non-hydrogen) atoms. The summed E-state index contributed by atoms with van der Waals surface area (Å²) in [6.07, 6.45) is -1.08. The van der Waals surface area contributed by atoms with Crippen LogP contribution >= 0.6 is 8.73 Å². The maximum atomic E-state index is 10.8. The normalized spacial score (nSPS) is 11.1. The molecule has 0 saturated carbocycles. The molecule has 1 amide bonds. The lowest BCUT2D eigenvalue weighted by Crippen LogP contribution is -2.40. The molecular weight excluding hydrogens is 197 g/mol. The smallest absolute Gasteiger partial charge is 0.172 e. The topological polar surface area (TPSA) is 43.4 Å². The Hall–Kier alpha value is -1.08. The number of carboxylic acid groups (broad SMARTS) is 1. The summed E-state index contributed by atoms with van der Waals surface area (Å²) in [6, 6.07) is 9.60. The van der Waals surface area contributed by atoms with E-state index in [-0.39, 0.29) is 6.04 Å². The van der Waals surface area contributed by atoms with E-state index in [1.54, 1.807) is 0 Å². The number of carbonyl (C=O) groups is 1. The van der Waals surface area contributed by atoms with E-state index in [1.165, 1.54) is 4.67 Å². The average Bonchev–Trinajstić information content (AvgIpc) is 2.15. The SMILES string of the molecule is CC(C)N([PH2+]c1ccccc1)C(=O)[O-]. The van der Waals surface area contributed by atoms with Crippen molar-refractivity contribution in [2.75, 3.05) is 0 Å². The Morgan fingerprint density at radius 2 is 1.93 bits per heavy atom. The molecule has 76 valence electrons. The van der Waals surface area contributed by atoms with Crippen LogP contribution in [0.5, 0.6) is 0 Å². The molecule has 0 saturated heterocycles. The highest BCUT2D eigenvalue weighted by atomic mass is 31.1. The van der Waals surface area contributed by atoms with Crippen molar-refractivity contribution in [1.29, 1.82) is 0 Å². The largest absolute Gasteiger partial charge is 0.528 e. The molecule has 0 aliphatic heterocycles. The van der Waals surface area contributed by atoms with E-state index < -0.39 is 14.8 Å². The summed E-state index contributed by atoms with van der Waals surface area (Å²) in [5.74, 6) is 0. The summed E-state index contributed by atoms with van der Waals surface area (Å²) in [4.78, 5) is 10.8. The van der Waals surface area contributed by atoms with E-state index in [1.807, 2.05) is 44.2 Å². The van der Waals surface area contributed by atoms with Crippen LogP contribution in [0.2, 0.25) is 0 Å². The molecule has 0 N–H and O–H groups in total. The molecule has 4 heteroatoms. The van der Waals surface area contributed by atoms with Crippen LogP contribution in [0.1, 0.15) is 13.8 Å². The molecule has 1 aromatic carbocycles. The second-order valence-corrected chi connectivity index (χ2v) is 4.79. The second kappa shape index (κ2) is 4.97. The lowest BCUT2D eigenvalue weighted by atomic mass is 10.4. The molecule has 1 unspecified atom stereocenters. The number of rotatable bonds is 3. The molecule has 0 spiro atoms. The van der Waals surface area contributed by atoms with Gasteiger partial charge in [-0.25, -0.2) is 4.67 Å². The van der Waals surface area contributed by atoms with Gasteiger partial charge in [0, 0.05) is 0 Å². The number of hydrogen-bond donors (Lipinski definition) is 0. The molecule has 1 atom stereocenters. The molecule has 1 aromatic rings. The Morgan fingerprint density at radius 1 is 1.36 bits per heavy atom. The van der Waals surface area contributed by atoms with Crippen molar-refractivity contribution in [3.05, 3.63) is 30.3 Å². The summed E-state index contributed by atoms with van der Waals surface area (Å²) < 4.78 is 1.38. The zero-order valence-electron chi connectivity index (χ0n) is 8.31. The third-order valence-electron chi connectivity index (χ3n) is 1.85. The van der Waals surface area contributed by atoms with Crippen LogP contribution in [0.15, 0.2) is 30.3 Å². The summed E-state index contributed by atoms with van der Waals surface area (Å²) in [5.41, 5.74) is 0. The fourth-order valence-electron chi connectivity index (χ4n) is 1.11.